The van der Waals surface area contributed by atoms with Crippen molar-refractivity contribution in [3.63, 3.8) is 0 Å². The third kappa shape index (κ3) is 3.14. The van der Waals surface area contributed by atoms with Gasteiger partial charge in [0.1, 0.15) is 5.54 Å². The number of carbonyl (C=O) groups excluding carboxylic acids is 1. The van der Waals surface area contributed by atoms with Crippen LogP contribution in [0.4, 0.5) is 14.5 Å². The molecule has 1 aliphatic carbocycles. The molecule has 0 radical (unpaired) electrons. The number of anilines is 1. The molecule has 1 N–H and O–H groups in total. The van der Waals surface area contributed by atoms with Crippen LogP contribution in [0.3, 0.4) is 0 Å². The lowest BCUT2D eigenvalue weighted by Crippen LogP contribution is -2.57. The van der Waals surface area contributed by atoms with Crippen LogP contribution in [-0.4, -0.2) is 61.4 Å². The summed E-state index contributed by atoms with van der Waals surface area (Å²) in [7, 11) is 4.10. The molecule has 166 valence electrons. The van der Waals surface area contributed by atoms with E-state index in [2.05, 4.69) is 34.2 Å². The first-order chi connectivity index (χ1) is 15.3. The zero-order valence-electron chi connectivity index (χ0n) is 18.3. The van der Waals surface area contributed by atoms with Crippen LogP contribution in [0.2, 0.25) is 0 Å². The summed E-state index contributed by atoms with van der Waals surface area (Å²) in [5, 5.41) is 3.36. The van der Waals surface area contributed by atoms with Crippen molar-refractivity contribution in [3.8, 4) is 0 Å². The molecule has 2 fully saturated rings. The molecule has 32 heavy (non-hydrogen) atoms. The van der Waals surface area contributed by atoms with Gasteiger partial charge in [-0.3, -0.25) is 9.78 Å². The fraction of sp³-hybridized carbons (Fsp3) is 0.360. The van der Waals surface area contributed by atoms with Gasteiger partial charge in [-0.1, -0.05) is 24.3 Å². The summed E-state index contributed by atoms with van der Waals surface area (Å²) in [5.41, 5.74) is 1.48. The summed E-state index contributed by atoms with van der Waals surface area (Å²) in [6.45, 7) is 3.59. The van der Waals surface area contributed by atoms with Crippen LogP contribution in [0.5, 0.6) is 0 Å². The van der Waals surface area contributed by atoms with E-state index in [9.17, 15) is 13.6 Å². The molecule has 3 aromatic rings. The van der Waals surface area contributed by atoms with Crippen LogP contribution in [0.1, 0.15) is 21.5 Å². The van der Waals surface area contributed by atoms with Crippen LogP contribution >= 0.6 is 0 Å². The van der Waals surface area contributed by atoms with E-state index >= 15 is 0 Å². The first-order valence-corrected chi connectivity index (χ1v) is 10.8. The molecule has 1 aliphatic heterocycles. The number of rotatable bonds is 5. The number of aryl methyl sites for hydroxylation is 1. The molecule has 0 spiro atoms. The number of hydrogen-bond acceptors (Lipinski definition) is 4. The fourth-order valence-electron chi connectivity index (χ4n) is 4.56. The van der Waals surface area contributed by atoms with Gasteiger partial charge >= 0.3 is 0 Å². The van der Waals surface area contributed by atoms with Crippen molar-refractivity contribution < 1.29 is 13.6 Å². The van der Waals surface area contributed by atoms with Gasteiger partial charge in [-0.15, -0.1) is 0 Å². The largest absolute Gasteiger partial charge is 0.368 e. The number of hydrogen-bond donors (Lipinski definition) is 1. The molecule has 2 heterocycles. The molecular weight excluding hydrogens is 410 g/mol. The Kier molecular flexibility index (Phi) is 4.89. The van der Waals surface area contributed by atoms with E-state index in [1.54, 1.807) is 24.3 Å². The maximum absolute atomic E-state index is 14.8. The number of nitrogens with one attached hydrogen (secondary N) is 1. The number of carbonyl (C=O) groups is 1. The topological polar surface area (TPSA) is 48.5 Å². The molecular formula is C25H26F2N4O. The average molecular weight is 437 g/mol. The van der Waals surface area contributed by atoms with Gasteiger partial charge in [0, 0.05) is 42.0 Å². The van der Waals surface area contributed by atoms with Gasteiger partial charge in [0.2, 0.25) is 0 Å². The predicted octanol–water partition coefficient (Wildman–Crippen LogP) is 3.61. The summed E-state index contributed by atoms with van der Waals surface area (Å²) in [5.74, 6) is -0.474. The minimum absolute atomic E-state index is 0.418. The Morgan fingerprint density at radius 1 is 1.12 bits per heavy atom. The Labute approximate surface area is 186 Å². The van der Waals surface area contributed by atoms with Crippen LogP contribution < -0.4 is 10.2 Å². The highest BCUT2D eigenvalue weighted by Crippen LogP contribution is 2.52. The van der Waals surface area contributed by atoms with Crippen molar-refractivity contribution in [2.24, 2.45) is 0 Å². The number of amides is 1. The van der Waals surface area contributed by atoms with Crippen molar-refractivity contribution in [2.45, 2.75) is 30.8 Å². The van der Waals surface area contributed by atoms with Crippen molar-refractivity contribution >= 4 is 22.5 Å². The highest BCUT2D eigenvalue weighted by Gasteiger charge is 2.70. The number of pyridine rings is 1. The highest BCUT2D eigenvalue weighted by molar-refractivity contribution is 5.98. The number of benzene rings is 2. The maximum atomic E-state index is 14.8. The monoisotopic (exact) mass is 436 g/mol. The lowest BCUT2D eigenvalue weighted by atomic mass is 9.98. The van der Waals surface area contributed by atoms with Gasteiger partial charge in [-0.2, -0.15) is 0 Å². The van der Waals surface area contributed by atoms with E-state index in [-0.39, 0.29) is 0 Å². The van der Waals surface area contributed by atoms with E-state index in [0.29, 0.717) is 28.1 Å². The van der Waals surface area contributed by atoms with Crippen LogP contribution in [0, 0.1) is 6.92 Å². The number of alkyl halides is 2. The number of fused-ring (bicyclic) bond motifs is 1. The Morgan fingerprint density at radius 2 is 1.84 bits per heavy atom. The zero-order chi connectivity index (χ0) is 22.6. The third-order valence-corrected chi connectivity index (χ3v) is 6.86. The highest BCUT2D eigenvalue weighted by atomic mass is 19.2. The normalized spacial score (nSPS) is 25.1. The second-order valence-electron chi connectivity index (χ2n) is 9.02. The van der Waals surface area contributed by atoms with E-state index < -0.39 is 23.8 Å². The Hall–Kier alpha value is -3.06. The van der Waals surface area contributed by atoms with E-state index in [4.69, 9.17) is 0 Å². The summed E-state index contributed by atoms with van der Waals surface area (Å²) in [6.07, 6.45) is -2.09. The summed E-state index contributed by atoms with van der Waals surface area (Å²) < 4.78 is 29.6. The molecule has 5 nitrogen and oxygen atoms in total. The van der Waals surface area contributed by atoms with Crippen molar-refractivity contribution in [1.29, 1.82) is 0 Å². The molecule has 2 aliphatic rings. The van der Waals surface area contributed by atoms with E-state index in [1.807, 2.05) is 31.2 Å². The Balaban J connectivity index is 1.46. The molecule has 2 atom stereocenters. The van der Waals surface area contributed by atoms with Crippen LogP contribution in [0.25, 0.3) is 10.9 Å². The standard InChI is InChI=1S/C25H26F2N4O/c1-15-8-9-16(31-13-17(14-31)30(2)3)12-19(15)24(32)29-25(22(26)23(25)27)20-10-11-28-21-7-5-4-6-18(20)21/h4-12,17,22-23H,13-14H2,1-3H3,(H,29,32). The molecule has 1 saturated carbocycles. The van der Waals surface area contributed by atoms with Gasteiger partial charge in [0.25, 0.3) is 5.91 Å². The maximum Gasteiger partial charge on any atom is 0.252 e. The fourth-order valence-corrected chi connectivity index (χ4v) is 4.56. The molecule has 5 rings (SSSR count). The van der Waals surface area contributed by atoms with Crippen LogP contribution in [-0.2, 0) is 5.54 Å². The molecule has 0 bridgehead atoms. The zero-order valence-corrected chi connectivity index (χ0v) is 18.3. The minimum Gasteiger partial charge on any atom is -0.368 e. The quantitative estimate of drug-likeness (QED) is 0.664. The second kappa shape index (κ2) is 7.52. The molecule has 7 heteroatoms. The van der Waals surface area contributed by atoms with Gasteiger partial charge in [-0.05, 0) is 56.4 Å². The van der Waals surface area contributed by atoms with Gasteiger partial charge in [0.15, 0.2) is 12.3 Å². The SMILES string of the molecule is Cc1ccc(N2CC(N(C)C)C2)cc1C(=O)NC1(c2ccnc3ccccc23)C(F)C1F. The lowest BCUT2D eigenvalue weighted by molar-refractivity contribution is 0.0917. The molecule has 2 unspecified atom stereocenters. The van der Waals surface area contributed by atoms with Gasteiger partial charge in [-0.25, -0.2) is 8.78 Å². The second-order valence-corrected chi connectivity index (χ2v) is 9.02. The minimum atomic E-state index is -1.81. The Bertz CT molecular complexity index is 1180. The molecule has 2 aromatic carbocycles. The van der Waals surface area contributed by atoms with Crippen molar-refractivity contribution in [3.05, 3.63) is 71.4 Å². The van der Waals surface area contributed by atoms with Crippen LogP contribution in [0.15, 0.2) is 54.7 Å². The number of likely N-dealkylation sites (N-methyl/N-ethyl adjacent to an activating group) is 1. The number of halogens is 2. The van der Waals surface area contributed by atoms with Crippen molar-refractivity contribution in [1.82, 2.24) is 15.2 Å². The number of aromatic nitrogens is 1. The smallest absolute Gasteiger partial charge is 0.252 e. The lowest BCUT2D eigenvalue weighted by Gasteiger charge is -2.44. The Morgan fingerprint density at radius 3 is 2.53 bits per heavy atom. The summed E-state index contributed by atoms with van der Waals surface area (Å²) in [4.78, 5) is 21.9. The predicted molar refractivity (Wildman–Crippen MR) is 122 cm³/mol. The van der Waals surface area contributed by atoms with Crippen molar-refractivity contribution in [2.75, 3.05) is 32.1 Å². The van der Waals surface area contributed by atoms with E-state index in [0.717, 1.165) is 24.3 Å². The average Bonchev–Trinajstić information content (AvgIpc) is 3.26. The molecule has 1 amide bonds. The molecule has 1 saturated heterocycles. The summed E-state index contributed by atoms with van der Waals surface area (Å²) >= 11 is 0. The van der Waals surface area contributed by atoms with Gasteiger partial charge in [0.05, 0.1) is 5.52 Å². The first kappa shape index (κ1) is 20.8. The number of para-hydroxylation sites is 1. The van der Waals surface area contributed by atoms with Gasteiger partial charge < -0.3 is 15.1 Å². The summed E-state index contributed by atoms with van der Waals surface area (Å²) in [6, 6.07) is 14.9. The third-order valence-electron chi connectivity index (χ3n) is 6.86. The van der Waals surface area contributed by atoms with E-state index in [1.165, 1.54) is 6.20 Å². The first-order valence-electron chi connectivity index (χ1n) is 10.8. The number of nitrogens with zero attached hydrogens (tertiary/aromatic N) is 3. The molecule has 1 aromatic heterocycles.